The molecule has 1 heterocycles. The number of nitrogens with two attached hydrogens (primary N) is 1. The number of para-hydroxylation sites is 1. The predicted molar refractivity (Wildman–Crippen MR) is 142 cm³/mol. The van der Waals surface area contributed by atoms with Crippen molar-refractivity contribution < 1.29 is 27.8 Å². The van der Waals surface area contributed by atoms with E-state index in [-0.39, 0.29) is 28.5 Å². The van der Waals surface area contributed by atoms with E-state index in [1.807, 2.05) is 19.9 Å². The number of ether oxygens (including phenoxy) is 2. The highest BCUT2D eigenvalue weighted by atomic mass is 32.2. The molecule has 0 spiro atoms. The molecule has 3 unspecified atom stereocenters. The molecule has 0 aliphatic heterocycles. The second kappa shape index (κ2) is 15.3. The second-order valence-corrected chi connectivity index (χ2v) is 12.0. The molecule has 0 fully saturated rings. The molecule has 11 heteroatoms. The maximum absolute atomic E-state index is 12.9. The van der Waals surface area contributed by atoms with Gasteiger partial charge in [-0.05, 0) is 54.7 Å². The van der Waals surface area contributed by atoms with E-state index >= 15 is 0 Å². The number of hydrogen-bond donors (Lipinski definition) is 4. The Bertz CT molecular complexity index is 1010. The minimum absolute atomic E-state index is 0.0189. The third-order valence-electron chi connectivity index (χ3n) is 5.91. The van der Waals surface area contributed by atoms with Crippen LogP contribution < -0.4 is 20.5 Å². The number of thiophene rings is 1. The smallest absolute Gasteiger partial charge is 0.255 e. The Kier molecular flexibility index (Phi) is 12.8. The number of hydrogen-bond acceptors (Lipinski definition) is 8. The van der Waals surface area contributed by atoms with E-state index in [4.69, 9.17) is 15.2 Å². The van der Waals surface area contributed by atoms with Gasteiger partial charge in [-0.2, -0.15) is 0 Å². The van der Waals surface area contributed by atoms with Crippen molar-refractivity contribution in [3.05, 3.63) is 47.3 Å². The number of nitrogens with one attached hydrogen (secondary N) is 2. The third-order valence-corrected chi connectivity index (χ3v) is 8.73. The average Bonchev–Trinajstić information content (AvgIpc) is 3.41. The van der Waals surface area contributed by atoms with E-state index in [0.717, 1.165) is 24.2 Å². The molecule has 1 amide bonds. The van der Waals surface area contributed by atoms with Gasteiger partial charge in [0.25, 0.3) is 5.91 Å². The monoisotopic (exact) mass is 541 g/mol. The highest BCUT2D eigenvalue weighted by molar-refractivity contribution is 7.91. The third kappa shape index (κ3) is 9.79. The molecule has 5 N–H and O–H groups in total. The topological polar surface area (TPSA) is 140 Å². The van der Waals surface area contributed by atoms with Crippen molar-refractivity contribution in [2.24, 2.45) is 17.6 Å². The summed E-state index contributed by atoms with van der Waals surface area (Å²) >= 11 is 1.10. The number of methoxy groups -OCH3 is 1. The minimum atomic E-state index is -3.68. The van der Waals surface area contributed by atoms with Gasteiger partial charge in [0, 0.05) is 32.8 Å². The Balaban J connectivity index is 1.88. The van der Waals surface area contributed by atoms with E-state index in [2.05, 4.69) is 10.0 Å². The van der Waals surface area contributed by atoms with Crippen LogP contribution in [0.25, 0.3) is 0 Å². The lowest BCUT2D eigenvalue weighted by molar-refractivity contribution is 0.0928. The van der Waals surface area contributed by atoms with Crippen LogP contribution in [-0.2, 0) is 14.8 Å². The first-order valence-electron chi connectivity index (χ1n) is 12.1. The largest absolute Gasteiger partial charge is 0.493 e. The zero-order chi connectivity index (χ0) is 26.6. The molecule has 0 saturated carbocycles. The molecule has 3 atom stereocenters. The maximum atomic E-state index is 12.9. The quantitative estimate of drug-likeness (QED) is 0.226. The molecule has 36 heavy (non-hydrogen) atoms. The van der Waals surface area contributed by atoms with Crippen molar-refractivity contribution >= 4 is 27.3 Å². The summed E-state index contributed by atoms with van der Waals surface area (Å²) in [6, 6.07) is 9.59. The number of carbonyl (C=O) groups is 1. The molecular formula is C25H39N3O6S2. The van der Waals surface area contributed by atoms with Gasteiger partial charge in [0.05, 0.1) is 18.3 Å². The molecule has 0 bridgehead atoms. The summed E-state index contributed by atoms with van der Waals surface area (Å²) in [5, 5.41) is 15.1. The number of amides is 1. The summed E-state index contributed by atoms with van der Waals surface area (Å²) in [7, 11) is -2.02. The van der Waals surface area contributed by atoms with Crippen molar-refractivity contribution in [3.63, 3.8) is 0 Å². The molecule has 9 nitrogen and oxygen atoms in total. The summed E-state index contributed by atoms with van der Waals surface area (Å²) in [5.74, 6) is 0.442. The van der Waals surface area contributed by atoms with Crippen LogP contribution in [0.3, 0.4) is 0 Å². The Labute approximate surface area is 218 Å². The molecular weight excluding hydrogens is 502 g/mol. The summed E-state index contributed by atoms with van der Waals surface area (Å²) in [6.07, 6.45) is 1.05. The van der Waals surface area contributed by atoms with Gasteiger partial charge in [-0.1, -0.05) is 32.0 Å². The lowest BCUT2D eigenvalue weighted by atomic mass is 9.87. The van der Waals surface area contributed by atoms with Crippen LogP contribution in [0, 0.1) is 11.8 Å². The molecule has 2 aromatic rings. The van der Waals surface area contributed by atoms with Crippen LogP contribution in [0.1, 0.15) is 43.5 Å². The number of benzene rings is 1. The molecule has 1 aromatic heterocycles. The minimum Gasteiger partial charge on any atom is -0.493 e. The van der Waals surface area contributed by atoms with Gasteiger partial charge in [-0.25, -0.2) is 13.1 Å². The summed E-state index contributed by atoms with van der Waals surface area (Å²) < 4.78 is 38.0. The molecule has 2 rings (SSSR count). The van der Waals surface area contributed by atoms with Gasteiger partial charge in [-0.15, -0.1) is 11.3 Å². The summed E-state index contributed by atoms with van der Waals surface area (Å²) in [5.41, 5.74) is 6.67. The van der Waals surface area contributed by atoms with E-state index in [1.165, 1.54) is 6.07 Å². The Morgan fingerprint density at radius 3 is 2.50 bits per heavy atom. The Morgan fingerprint density at radius 1 is 1.11 bits per heavy atom. The highest BCUT2D eigenvalue weighted by Crippen LogP contribution is 2.21. The molecule has 202 valence electrons. The van der Waals surface area contributed by atoms with Crippen molar-refractivity contribution in [1.82, 2.24) is 10.0 Å². The number of sulfonamides is 1. The number of aliphatic hydroxyl groups excluding tert-OH is 1. The number of carbonyl (C=O) groups excluding carboxylic acids is 1. The van der Waals surface area contributed by atoms with Crippen LogP contribution in [0.4, 0.5) is 0 Å². The fraction of sp³-hybridized carbons (Fsp3) is 0.560. The Hall–Kier alpha value is -2.02. The van der Waals surface area contributed by atoms with E-state index in [9.17, 15) is 18.3 Å². The van der Waals surface area contributed by atoms with Crippen molar-refractivity contribution in [3.8, 4) is 5.75 Å². The number of rotatable bonds is 17. The van der Waals surface area contributed by atoms with Crippen LogP contribution in [0.15, 0.2) is 46.0 Å². The maximum Gasteiger partial charge on any atom is 0.255 e. The van der Waals surface area contributed by atoms with Crippen LogP contribution >= 0.6 is 11.3 Å². The zero-order valence-corrected chi connectivity index (χ0v) is 22.8. The SMILES string of the molecule is COCCCCOc1ccccc1C(=O)NCC(CC(N)C(O)CNS(=O)(=O)c1cccs1)C(C)C. The van der Waals surface area contributed by atoms with Crippen LogP contribution in [0.2, 0.25) is 0 Å². The van der Waals surface area contributed by atoms with Gasteiger partial charge in [0.15, 0.2) is 0 Å². The van der Waals surface area contributed by atoms with Gasteiger partial charge in [0.2, 0.25) is 10.0 Å². The van der Waals surface area contributed by atoms with Crippen LogP contribution in [-0.4, -0.2) is 65.0 Å². The van der Waals surface area contributed by atoms with Crippen molar-refractivity contribution in [2.75, 3.05) is 33.4 Å². The van der Waals surface area contributed by atoms with Gasteiger partial charge in [-0.3, -0.25) is 4.79 Å². The van der Waals surface area contributed by atoms with Gasteiger partial charge < -0.3 is 25.6 Å². The van der Waals surface area contributed by atoms with Gasteiger partial charge >= 0.3 is 0 Å². The molecule has 1 aromatic carbocycles. The molecule has 0 aliphatic rings. The lowest BCUT2D eigenvalue weighted by Gasteiger charge is -2.27. The molecule has 0 radical (unpaired) electrons. The predicted octanol–water partition coefficient (Wildman–Crippen LogP) is 2.61. The normalized spacial score (nSPS) is 14.4. The van der Waals surface area contributed by atoms with E-state index in [0.29, 0.717) is 37.5 Å². The molecule has 0 saturated heterocycles. The van der Waals surface area contributed by atoms with E-state index < -0.39 is 22.2 Å². The summed E-state index contributed by atoms with van der Waals surface area (Å²) in [4.78, 5) is 12.9. The van der Waals surface area contributed by atoms with Crippen molar-refractivity contribution in [2.45, 2.75) is 49.5 Å². The number of unbranched alkanes of at least 4 members (excludes halogenated alkanes) is 1. The second-order valence-electron chi connectivity index (χ2n) is 9.01. The first-order valence-corrected chi connectivity index (χ1v) is 14.5. The van der Waals surface area contributed by atoms with Crippen LogP contribution in [0.5, 0.6) is 5.75 Å². The van der Waals surface area contributed by atoms with Gasteiger partial charge in [0.1, 0.15) is 9.96 Å². The van der Waals surface area contributed by atoms with Crippen molar-refractivity contribution in [1.29, 1.82) is 0 Å². The number of aliphatic hydroxyl groups is 1. The van der Waals surface area contributed by atoms with E-state index in [1.54, 1.807) is 36.8 Å². The zero-order valence-electron chi connectivity index (χ0n) is 21.2. The fourth-order valence-electron chi connectivity index (χ4n) is 3.56. The highest BCUT2D eigenvalue weighted by Gasteiger charge is 2.25. The lowest BCUT2D eigenvalue weighted by Crippen LogP contribution is -2.45. The first-order chi connectivity index (χ1) is 17.2. The standard InChI is InChI=1S/C25H39N3O6S2/c1-18(2)19(15-21(26)22(29)17-28-36(31,32)24-11-8-14-35-24)16-27-25(30)20-9-4-5-10-23(20)34-13-7-6-12-33-3/h4-5,8-11,14,18-19,21-22,28-29H,6-7,12-13,15-17,26H2,1-3H3,(H,27,30). The average molecular weight is 542 g/mol. The first kappa shape index (κ1) is 30.2. The Morgan fingerprint density at radius 2 is 1.83 bits per heavy atom. The fourth-order valence-corrected chi connectivity index (χ4v) is 5.65. The molecule has 0 aliphatic carbocycles. The summed E-state index contributed by atoms with van der Waals surface area (Å²) in [6.45, 7) is 5.37.